The molecule has 1 aromatic carbocycles. The third-order valence-electron chi connectivity index (χ3n) is 3.43. The van der Waals surface area contributed by atoms with Crippen LogP contribution in [0.3, 0.4) is 0 Å². The van der Waals surface area contributed by atoms with Gasteiger partial charge in [0.1, 0.15) is 11.2 Å². The molecule has 0 aromatic heterocycles. The van der Waals surface area contributed by atoms with Crippen molar-refractivity contribution >= 4 is 11.8 Å². The van der Waals surface area contributed by atoms with Crippen LogP contribution in [0.2, 0.25) is 0 Å². The van der Waals surface area contributed by atoms with Crippen LogP contribution >= 0.6 is 0 Å². The van der Waals surface area contributed by atoms with Gasteiger partial charge in [0, 0.05) is 6.42 Å². The van der Waals surface area contributed by atoms with Crippen molar-refractivity contribution in [2.24, 2.45) is 5.41 Å². The van der Waals surface area contributed by atoms with Gasteiger partial charge in [0.2, 0.25) is 0 Å². The smallest absolute Gasteiger partial charge is 0.317 e. The van der Waals surface area contributed by atoms with Gasteiger partial charge in [-0.1, -0.05) is 18.6 Å². The first-order valence-corrected chi connectivity index (χ1v) is 5.56. The minimum absolute atomic E-state index is 0.0621. The molecule has 1 saturated carbocycles. The van der Waals surface area contributed by atoms with Crippen LogP contribution in [0.5, 0.6) is 0 Å². The highest BCUT2D eigenvalue weighted by atomic mass is 19.1. The highest BCUT2D eigenvalue weighted by Crippen LogP contribution is 2.42. The molecule has 0 atom stereocenters. The molecule has 1 aliphatic carbocycles. The van der Waals surface area contributed by atoms with E-state index in [0.29, 0.717) is 18.4 Å². The number of carbonyl (C=O) groups is 2. The normalized spacial score (nSPS) is 17.2. The van der Waals surface area contributed by atoms with E-state index < -0.39 is 11.4 Å². The van der Waals surface area contributed by atoms with Gasteiger partial charge in [-0.25, -0.2) is 4.39 Å². The molecule has 0 unspecified atom stereocenters. The summed E-state index contributed by atoms with van der Waals surface area (Å²) in [5.74, 6) is -1.67. The number of carbonyl (C=O) groups excluding carboxylic acids is 1. The van der Waals surface area contributed by atoms with E-state index in [0.717, 1.165) is 6.42 Å². The van der Waals surface area contributed by atoms with E-state index in [1.54, 1.807) is 0 Å². The molecule has 1 fully saturated rings. The summed E-state index contributed by atoms with van der Waals surface area (Å²) in [6, 6.07) is 5.58. The number of benzene rings is 1. The van der Waals surface area contributed by atoms with Crippen LogP contribution in [0.15, 0.2) is 24.3 Å². The van der Waals surface area contributed by atoms with Gasteiger partial charge in [-0.3, -0.25) is 9.59 Å². The molecular weight excluding hydrogens is 223 g/mol. The maximum atomic E-state index is 12.7. The molecule has 0 saturated heterocycles. The van der Waals surface area contributed by atoms with Gasteiger partial charge in [-0.05, 0) is 30.5 Å². The SMILES string of the molecule is O=C(O)C1(C(=O)Cc2ccc(F)cc2)CCC1. The molecule has 3 nitrogen and oxygen atoms in total. The molecule has 17 heavy (non-hydrogen) atoms. The Morgan fingerprint density at radius 3 is 2.24 bits per heavy atom. The summed E-state index contributed by atoms with van der Waals surface area (Å²) in [6.45, 7) is 0. The number of Topliss-reactive ketones (excluding diaryl/α,β-unsaturated/α-hetero) is 1. The second kappa shape index (κ2) is 4.28. The Kier molecular flexibility index (Phi) is 2.96. The van der Waals surface area contributed by atoms with E-state index in [-0.39, 0.29) is 18.0 Å². The lowest BCUT2D eigenvalue weighted by molar-refractivity contribution is -0.160. The molecule has 0 radical (unpaired) electrons. The fourth-order valence-electron chi connectivity index (χ4n) is 2.10. The first-order valence-electron chi connectivity index (χ1n) is 5.56. The lowest BCUT2D eigenvalue weighted by Gasteiger charge is -2.36. The Labute approximate surface area is 98.3 Å². The predicted octanol–water partition coefficient (Wildman–Crippen LogP) is 2.19. The van der Waals surface area contributed by atoms with E-state index in [4.69, 9.17) is 5.11 Å². The third-order valence-corrected chi connectivity index (χ3v) is 3.43. The van der Waals surface area contributed by atoms with E-state index in [1.807, 2.05) is 0 Å². The van der Waals surface area contributed by atoms with Crippen molar-refractivity contribution in [3.05, 3.63) is 35.6 Å². The fourth-order valence-corrected chi connectivity index (χ4v) is 2.10. The topological polar surface area (TPSA) is 54.4 Å². The molecule has 4 heteroatoms. The summed E-state index contributed by atoms with van der Waals surface area (Å²) >= 11 is 0. The van der Waals surface area contributed by atoms with Crippen LogP contribution in [0.25, 0.3) is 0 Å². The molecule has 0 aliphatic heterocycles. The van der Waals surface area contributed by atoms with Crippen molar-refractivity contribution in [2.75, 3.05) is 0 Å². The van der Waals surface area contributed by atoms with Crippen molar-refractivity contribution in [1.82, 2.24) is 0 Å². The molecule has 1 aliphatic rings. The van der Waals surface area contributed by atoms with Crippen LogP contribution in [0, 0.1) is 11.2 Å². The quantitative estimate of drug-likeness (QED) is 0.815. The molecular formula is C13H13FO3. The zero-order valence-corrected chi connectivity index (χ0v) is 9.28. The van der Waals surface area contributed by atoms with Crippen LogP contribution in [0.1, 0.15) is 24.8 Å². The van der Waals surface area contributed by atoms with Crippen molar-refractivity contribution in [1.29, 1.82) is 0 Å². The predicted molar refractivity (Wildman–Crippen MR) is 59.0 cm³/mol. The molecule has 0 amide bonds. The summed E-state index contributed by atoms with van der Waals surface area (Å²) in [7, 11) is 0. The van der Waals surface area contributed by atoms with Gasteiger partial charge in [-0.15, -0.1) is 0 Å². The number of carboxylic acids is 1. The maximum absolute atomic E-state index is 12.7. The minimum Gasteiger partial charge on any atom is -0.480 e. The van der Waals surface area contributed by atoms with E-state index >= 15 is 0 Å². The number of hydrogen-bond donors (Lipinski definition) is 1. The zero-order chi connectivity index (χ0) is 12.5. The fraction of sp³-hybridized carbons (Fsp3) is 0.385. The Hall–Kier alpha value is -1.71. The Bertz CT molecular complexity index is 446. The maximum Gasteiger partial charge on any atom is 0.317 e. The number of hydrogen-bond acceptors (Lipinski definition) is 2. The van der Waals surface area contributed by atoms with Crippen molar-refractivity contribution in [3.8, 4) is 0 Å². The molecule has 1 aromatic rings. The van der Waals surface area contributed by atoms with Gasteiger partial charge < -0.3 is 5.11 Å². The molecule has 1 N–H and O–H groups in total. The van der Waals surface area contributed by atoms with Gasteiger partial charge >= 0.3 is 5.97 Å². The molecule has 0 spiro atoms. The Morgan fingerprint density at radius 1 is 1.24 bits per heavy atom. The van der Waals surface area contributed by atoms with Crippen molar-refractivity contribution in [2.45, 2.75) is 25.7 Å². The summed E-state index contributed by atoms with van der Waals surface area (Å²) < 4.78 is 12.7. The minimum atomic E-state index is -1.19. The van der Waals surface area contributed by atoms with Gasteiger partial charge in [0.25, 0.3) is 0 Å². The van der Waals surface area contributed by atoms with Gasteiger partial charge in [0.05, 0.1) is 0 Å². The van der Waals surface area contributed by atoms with Gasteiger partial charge in [-0.2, -0.15) is 0 Å². The Balaban J connectivity index is 2.11. The number of carboxylic acid groups (broad SMARTS) is 1. The Morgan fingerprint density at radius 2 is 1.82 bits per heavy atom. The number of rotatable bonds is 4. The standard InChI is InChI=1S/C13H13FO3/c14-10-4-2-9(3-5-10)8-11(15)13(12(16)17)6-1-7-13/h2-5H,1,6-8H2,(H,16,17). The van der Waals surface area contributed by atoms with Crippen molar-refractivity contribution < 1.29 is 19.1 Å². The van der Waals surface area contributed by atoms with Crippen LogP contribution in [0.4, 0.5) is 4.39 Å². The monoisotopic (exact) mass is 236 g/mol. The van der Waals surface area contributed by atoms with E-state index in [2.05, 4.69) is 0 Å². The van der Waals surface area contributed by atoms with Crippen LogP contribution in [-0.4, -0.2) is 16.9 Å². The largest absolute Gasteiger partial charge is 0.480 e. The van der Waals surface area contributed by atoms with E-state index in [9.17, 15) is 14.0 Å². The van der Waals surface area contributed by atoms with E-state index in [1.165, 1.54) is 24.3 Å². The highest BCUT2D eigenvalue weighted by Gasteiger charge is 2.50. The average Bonchev–Trinajstić information content (AvgIpc) is 2.19. The second-order valence-electron chi connectivity index (χ2n) is 4.47. The summed E-state index contributed by atoms with van der Waals surface area (Å²) in [4.78, 5) is 23.1. The third kappa shape index (κ3) is 2.07. The van der Waals surface area contributed by atoms with Crippen LogP contribution < -0.4 is 0 Å². The number of aliphatic carboxylic acids is 1. The molecule has 0 bridgehead atoms. The average molecular weight is 236 g/mol. The van der Waals surface area contributed by atoms with Gasteiger partial charge in [0.15, 0.2) is 5.78 Å². The molecule has 0 heterocycles. The summed E-state index contributed by atoms with van der Waals surface area (Å²) in [6.07, 6.45) is 1.68. The molecule has 90 valence electrons. The number of halogens is 1. The first-order chi connectivity index (χ1) is 8.04. The second-order valence-corrected chi connectivity index (χ2v) is 4.47. The first kappa shape index (κ1) is 11.8. The zero-order valence-electron chi connectivity index (χ0n) is 9.28. The molecule has 2 rings (SSSR count). The number of ketones is 1. The van der Waals surface area contributed by atoms with Crippen LogP contribution in [-0.2, 0) is 16.0 Å². The van der Waals surface area contributed by atoms with Crippen molar-refractivity contribution in [3.63, 3.8) is 0 Å². The summed E-state index contributed by atoms with van der Waals surface area (Å²) in [5, 5.41) is 9.10. The summed E-state index contributed by atoms with van der Waals surface area (Å²) in [5.41, 5.74) is -0.530. The highest BCUT2D eigenvalue weighted by molar-refractivity contribution is 6.04. The lowest BCUT2D eigenvalue weighted by atomic mass is 9.65. The lowest BCUT2D eigenvalue weighted by Crippen LogP contribution is -2.45.